The number of pyridine rings is 1. The first-order chi connectivity index (χ1) is 29.4. The van der Waals surface area contributed by atoms with Crippen molar-refractivity contribution in [3.63, 3.8) is 0 Å². The summed E-state index contributed by atoms with van der Waals surface area (Å²) in [7, 11) is 4.02. The molecule has 0 aliphatic carbocycles. The first-order valence-corrected chi connectivity index (χ1v) is 22.6. The lowest BCUT2D eigenvalue weighted by molar-refractivity contribution is -0.109. The minimum Gasteiger partial charge on any atom is -0.508 e. The summed E-state index contributed by atoms with van der Waals surface area (Å²) >= 11 is 9.57. The van der Waals surface area contributed by atoms with Crippen molar-refractivity contribution in [2.75, 3.05) is 45.4 Å². The van der Waals surface area contributed by atoms with Crippen molar-refractivity contribution in [3.8, 4) is 28.7 Å². The van der Waals surface area contributed by atoms with Crippen LogP contribution in [0.1, 0.15) is 110 Å². The molecule has 1 heterocycles. The average Bonchev–Trinajstić information content (AvgIpc) is 3.25. The Balaban J connectivity index is 0.000000484. The van der Waals surface area contributed by atoms with Crippen molar-refractivity contribution in [1.82, 2.24) is 4.98 Å². The number of ether oxygens (including phenoxy) is 4. The zero-order chi connectivity index (χ0) is 44.6. The SMILES string of the molecule is CCCCCOc1cc2c3cc(C)c(O)cc3c3cc(OCCCCC)c(OCCCCC)cc3c2cc1OCCCCC.CN(C)c1ccncc1.O=C(Cl)/C=C/C(=O)Cl. The number of carbonyl (C=O) groups is 2. The van der Waals surface area contributed by atoms with Crippen molar-refractivity contribution < 1.29 is 33.6 Å². The van der Waals surface area contributed by atoms with Gasteiger partial charge in [-0.2, -0.15) is 0 Å². The van der Waals surface area contributed by atoms with Gasteiger partial charge in [-0.3, -0.25) is 14.6 Å². The van der Waals surface area contributed by atoms with E-state index < -0.39 is 10.5 Å². The average molecular weight is 878 g/mol. The third kappa shape index (κ3) is 16.9. The van der Waals surface area contributed by atoms with E-state index in [2.05, 4.69) is 63.0 Å². The van der Waals surface area contributed by atoms with Crippen LogP contribution in [-0.2, 0) is 9.59 Å². The molecular weight excluding hydrogens is 811 g/mol. The zero-order valence-electron chi connectivity index (χ0n) is 37.3. The summed E-state index contributed by atoms with van der Waals surface area (Å²) in [6.45, 7) is 13.4. The van der Waals surface area contributed by atoms with Crippen LogP contribution >= 0.6 is 23.2 Å². The summed E-state index contributed by atoms with van der Waals surface area (Å²) in [5, 5.41) is 15.7. The number of unbranched alkanes of at least 4 members (excludes halogenated alkanes) is 8. The van der Waals surface area contributed by atoms with Crippen LogP contribution in [-0.4, -0.2) is 61.1 Å². The number of aromatic nitrogens is 1. The number of hydrogen-bond acceptors (Lipinski definition) is 9. The maximum Gasteiger partial charge on any atom is 0.245 e. The molecule has 0 radical (unpaired) electrons. The number of aromatic hydroxyl groups is 1. The number of fused-ring (bicyclic) bond motifs is 6. The molecule has 0 bridgehead atoms. The number of rotatable bonds is 23. The highest BCUT2D eigenvalue weighted by molar-refractivity contribution is 6.69. The number of nitrogens with zero attached hydrogens (tertiary/aromatic N) is 2. The van der Waals surface area contributed by atoms with E-state index in [4.69, 9.17) is 42.1 Å². The maximum absolute atomic E-state index is 10.8. The van der Waals surface area contributed by atoms with Crippen molar-refractivity contribution in [3.05, 3.63) is 78.6 Å². The Hall–Kier alpha value is -4.73. The van der Waals surface area contributed by atoms with Gasteiger partial charge in [-0.15, -0.1) is 0 Å². The van der Waals surface area contributed by atoms with Crippen LogP contribution in [0.25, 0.3) is 32.3 Å². The second kappa shape index (κ2) is 28.0. The van der Waals surface area contributed by atoms with Crippen LogP contribution < -0.4 is 23.8 Å². The molecule has 1 aromatic heterocycles. The minimum atomic E-state index is -0.709. The number of carbonyl (C=O) groups excluding carboxylic acids is 2. The number of aryl methyl sites for hydroxylation is 1. The maximum atomic E-state index is 10.8. The molecule has 1 N–H and O–H groups in total. The van der Waals surface area contributed by atoms with Crippen molar-refractivity contribution in [2.24, 2.45) is 0 Å². The molecule has 0 saturated carbocycles. The molecule has 0 spiro atoms. The lowest BCUT2D eigenvalue weighted by atomic mass is 9.92. The first kappa shape index (κ1) is 50.6. The van der Waals surface area contributed by atoms with Gasteiger partial charge in [0.05, 0.1) is 26.4 Å². The van der Waals surface area contributed by atoms with E-state index in [0.29, 0.717) is 26.4 Å². The fraction of sp³-hybridized carbons (Fsp3) is 0.460. The number of allylic oxidation sites excluding steroid dienone is 2. The molecule has 0 saturated heterocycles. The van der Waals surface area contributed by atoms with Crippen LogP contribution in [0.2, 0.25) is 0 Å². The van der Waals surface area contributed by atoms with Crippen molar-refractivity contribution in [1.29, 1.82) is 0 Å². The number of phenols is 1. The van der Waals surface area contributed by atoms with Crippen LogP contribution in [0, 0.1) is 6.92 Å². The largest absolute Gasteiger partial charge is 0.508 e. The topological polar surface area (TPSA) is 107 Å². The number of benzene rings is 4. The predicted molar refractivity (Wildman–Crippen MR) is 255 cm³/mol. The molecule has 0 aliphatic rings. The van der Waals surface area contributed by atoms with E-state index in [1.54, 1.807) is 12.4 Å². The lowest BCUT2D eigenvalue weighted by Crippen LogP contribution is -2.07. The summed E-state index contributed by atoms with van der Waals surface area (Å²) in [6.07, 6.45) is 18.5. The van der Waals surface area contributed by atoms with Gasteiger partial charge in [0.1, 0.15) is 5.75 Å². The smallest absolute Gasteiger partial charge is 0.245 e. The Bertz CT molecular complexity index is 2010. The van der Waals surface area contributed by atoms with Gasteiger partial charge >= 0.3 is 0 Å². The van der Waals surface area contributed by atoms with Gasteiger partial charge in [-0.05, 0) is 142 Å². The minimum absolute atomic E-state index is 0.287. The van der Waals surface area contributed by atoms with Gasteiger partial charge in [0.25, 0.3) is 0 Å². The van der Waals surface area contributed by atoms with Crippen molar-refractivity contribution in [2.45, 2.75) is 112 Å². The fourth-order valence-corrected chi connectivity index (χ4v) is 6.64. The molecular formula is C50H66Cl2N2O7. The molecule has 5 rings (SSSR count). The molecule has 61 heavy (non-hydrogen) atoms. The van der Waals surface area contributed by atoms with E-state index in [1.165, 1.54) is 5.69 Å². The quantitative estimate of drug-likeness (QED) is 0.0297. The van der Waals surface area contributed by atoms with Gasteiger partial charge in [-0.1, -0.05) is 79.1 Å². The molecule has 11 heteroatoms. The number of halogens is 2. The van der Waals surface area contributed by atoms with Gasteiger partial charge < -0.3 is 29.0 Å². The molecule has 0 amide bonds. The number of phenolic OH excluding ortho intramolecular Hbond substituents is 1. The normalized spacial score (nSPS) is 10.9. The third-order valence-corrected chi connectivity index (χ3v) is 10.2. The van der Waals surface area contributed by atoms with E-state index >= 15 is 0 Å². The highest BCUT2D eigenvalue weighted by Crippen LogP contribution is 2.46. The summed E-state index contributed by atoms with van der Waals surface area (Å²) < 4.78 is 25.6. The zero-order valence-corrected chi connectivity index (χ0v) is 38.8. The first-order valence-electron chi connectivity index (χ1n) is 21.8. The fourth-order valence-electron chi connectivity index (χ4n) is 6.51. The molecule has 0 aliphatic heterocycles. The Morgan fingerprint density at radius 1 is 0.557 bits per heavy atom. The summed E-state index contributed by atoms with van der Waals surface area (Å²) in [4.78, 5) is 25.6. The Labute approximate surface area is 373 Å². The van der Waals surface area contributed by atoms with Crippen LogP contribution in [0.3, 0.4) is 0 Å². The number of hydrogen-bond donors (Lipinski definition) is 1. The Kier molecular flexibility index (Phi) is 23.2. The molecule has 0 unspecified atom stereocenters. The van der Waals surface area contributed by atoms with Crippen LogP contribution in [0.4, 0.5) is 5.69 Å². The van der Waals surface area contributed by atoms with E-state index in [-0.39, 0.29) is 5.75 Å². The summed E-state index contributed by atoms with van der Waals surface area (Å²) in [6, 6.07) is 16.5. The van der Waals surface area contributed by atoms with E-state index in [1.807, 2.05) is 44.1 Å². The van der Waals surface area contributed by atoms with E-state index in [0.717, 1.165) is 150 Å². The molecule has 0 fully saturated rings. The van der Waals surface area contributed by atoms with E-state index in [9.17, 15) is 14.7 Å². The van der Waals surface area contributed by atoms with Crippen LogP contribution in [0.5, 0.6) is 28.7 Å². The highest BCUT2D eigenvalue weighted by atomic mass is 35.5. The highest BCUT2D eigenvalue weighted by Gasteiger charge is 2.19. The van der Waals surface area contributed by atoms with Gasteiger partial charge in [-0.25, -0.2) is 0 Å². The molecule has 9 nitrogen and oxygen atoms in total. The predicted octanol–water partition coefficient (Wildman–Crippen LogP) is 13.7. The number of anilines is 1. The standard InChI is InChI=1S/C39H54O5.C7H10N2.C4H2Cl2O2/c1-6-10-14-18-41-36-24-31-29-22-28(5)35(40)23-30(29)32-25-37(42-19-15-11-7-2)39(44-21-17-13-9-4)27-34(32)33(31)26-38(36)43-20-16-12-8-3;1-9(2)7-3-5-8-6-4-7;5-3(7)1-2-4(6)8/h22-27,40H,6-21H2,1-5H3;3-6H,1-2H3;1-2H/b;;2-1+. The molecule has 332 valence electrons. The second-order valence-corrected chi connectivity index (χ2v) is 15.9. The summed E-state index contributed by atoms with van der Waals surface area (Å²) in [5.41, 5.74) is 2.03. The lowest BCUT2D eigenvalue weighted by Gasteiger charge is -2.19. The summed E-state index contributed by atoms with van der Waals surface area (Å²) in [5.74, 6) is 3.38. The van der Waals surface area contributed by atoms with Crippen LogP contribution in [0.15, 0.2) is 73.1 Å². The van der Waals surface area contributed by atoms with Gasteiger partial charge in [0.15, 0.2) is 23.0 Å². The second-order valence-electron chi connectivity index (χ2n) is 15.1. The van der Waals surface area contributed by atoms with Gasteiger partial charge in [0.2, 0.25) is 10.5 Å². The Morgan fingerprint density at radius 3 is 1.15 bits per heavy atom. The van der Waals surface area contributed by atoms with Gasteiger partial charge in [0, 0.05) is 44.3 Å². The van der Waals surface area contributed by atoms with Crippen molar-refractivity contribution >= 4 is 71.7 Å². The molecule has 0 atom stereocenters. The molecule has 4 aromatic carbocycles. The monoisotopic (exact) mass is 876 g/mol. The third-order valence-electron chi connectivity index (χ3n) is 9.92. The molecule has 5 aromatic rings. The Morgan fingerprint density at radius 2 is 0.869 bits per heavy atom.